The van der Waals surface area contributed by atoms with Gasteiger partial charge in [-0.15, -0.1) is 0 Å². The molecular weight excluding hydrogens is 324 g/mol. The Kier molecular flexibility index (Phi) is 4.27. The molecule has 0 aliphatic carbocycles. The van der Waals surface area contributed by atoms with Gasteiger partial charge >= 0.3 is 5.00 Å². The molecule has 0 fully saturated rings. The van der Waals surface area contributed by atoms with Crippen molar-refractivity contribution in [2.45, 2.75) is 24.7 Å². The minimum Gasteiger partial charge on any atom is -0.301 e. The fraction of sp³-hybridized carbons (Fsp3) is 0.385. The first-order chi connectivity index (χ1) is 10.6. The molecule has 3 rings (SSSR count). The second-order valence-corrected chi connectivity index (χ2v) is 6.90. The summed E-state index contributed by atoms with van der Waals surface area (Å²) in [5.41, 5.74) is 1.48. The van der Waals surface area contributed by atoms with Crippen molar-refractivity contribution < 1.29 is 4.92 Å². The third-order valence-corrected chi connectivity index (χ3v) is 5.13. The van der Waals surface area contributed by atoms with Crippen molar-refractivity contribution in [3.05, 3.63) is 48.7 Å². The maximum absolute atomic E-state index is 12.1. The average molecular weight is 338 g/mol. The number of thioether (sulfide) groups is 1. The van der Waals surface area contributed by atoms with E-state index in [0.717, 1.165) is 23.5 Å². The molecule has 2 aromatic rings. The number of nitrogens with one attached hydrogen (secondary N) is 1. The summed E-state index contributed by atoms with van der Waals surface area (Å²) in [5, 5.41) is 11.5. The zero-order chi connectivity index (χ0) is 15.7. The van der Waals surface area contributed by atoms with Crippen LogP contribution >= 0.6 is 23.1 Å². The van der Waals surface area contributed by atoms with Crippen LogP contribution in [0.4, 0.5) is 5.00 Å². The lowest BCUT2D eigenvalue weighted by Gasteiger charge is -2.27. The highest BCUT2D eigenvalue weighted by Crippen LogP contribution is 2.26. The summed E-state index contributed by atoms with van der Waals surface area (Å²) in [6, 6.07) is 3.30. The molecule has 0 atom stereocenters. The van der Waals surface area contributed by atoms with E-state index in [1.54, 1.807) is 6.07 Å². The highest BCUT2D eigenvalue weighted by atomic mass is 32.2. The van der Waals surface area contributed by atoms with Crippen LogP contribution in [0.25, 0.3) is 0 Å². The molecule has 2 aromatic heterocycles. The van der Waals surface area contributed by atoms with Crippen molar-refractivity contribution in [1.82, 2.24) is 14.9 Å². The molecular formula is C13H14N4O3S2. The predicted molar refractivity (Wildman–Crippen MR) is 85.4 cm³/mol. The maximum Gasteiger partial charge on any atom is 0.324 e. The topological polar surface area (TPSA) is 92.1 Å². The van der Waals surface area contributed by atoms with Crippen molar-refractivity contribution in [2.75, 3.05) is 12.8 Å². The Morgan fingerprint density at radius 3 is 3.05 bits per heavy atom. The van der Waals surface area contributed by atoms with Gasteiger partial charge in [0.15, 0.2) is 5.16 Å². The zero-order valence-corrected chi connectivity index (χ0v) is 13.5. The maximum atomic E-state index is 12.1. The van der Waals surface area contributed by atoms with E-state index in [0.29, 0.717) is 23.8 Å². The molecule has 3 heterocycles. The molecule has 116 valence electrons. The third kappa shape index (κ3) is 3.06. The number of fused-ring (bicyclic) bond motifs is 1. The monoisotopic (exact) mass is 338 g/mol. The van der Waals surface area contributed by atoms with Crippen molar-refractivity contribution in [3.8, 4) is 0 Å². The first-order valence-electron chi connectivity index (χ1n) is 6.68. The molecule has 0 unspecified atom stereocenters. The second-order valence-electron chi connectivity index (χ2n) is 4.96. The van der Waals surface area contributed by atoms with Crippen LogP contribution in [0.1, 0.15) is 16.1 Å². The molecule has 1 aliphatic heterocycles. The van der Waals surface area contributed by atoms with Crippen molar-refractivity contribution >= 4 is 28.1 Å². The number of aromatic nitrogens is 2. The standard InChI is InChI=1S/C13H14N4O3S2/c1-21-13-14-10-4-5-16(7-9(10)12(18)15-13)6-8-2-3-11(22-8)17(19)20/h2-3H,4-7H2,1H3,(H,14,15,18). The van der Waals surface area contributed by atoms with Gasteiger partial charge in [0.25, 0.3) is 5.56 Å². The molecule has 0 spiro atoms. The fourth-order valence-electron chi connectivity index (χ4n) is 2.46. The van der Waals surface area contributed by atoms with E-state index >= 15 is 0 Å². The van der Waals surface area contributed by atoms with Crippen LogP contribution in [0, 0.1) is 10.1 Å². The summed E-state index contributed by atoms with van der Waals surface area (Å²) in [7, 11) is 0. The van der Waals surface area contributed by atoms with Gasteiger partial charge in [-0.2, -0.15) is 0 Å². The van der Waals surface area contributed by atoms with E-state index in [1.165, 1.54) is 29.2 Å². The van der Waals surface area contributed by atoms with Gasteiger partial charge in [0, 0.05) is 37.0 Å². The molecule has 22 heavy (non-hydrogen) atoms. The average Bonchev–Trinajstić information content (AvgIpc) is 2.96. The summed E-state index contributed by atoms with van der Waals surface area (Å²) < 4.78 is 0. The second kappa shape index (κ2) is 6.19. The van der Waals surface area contributed by atoms with Gasteiger partial charge in [-0.1, -0.05) is 23.1 Å². The van der Waals surface area contributed by atoms with Gasteiger partial charge in [-0.25, -0.2) is 4.98 Å². The Balaban J connectivity index is 1.76. The van der Waals surface area contributed by atoms with Crippen LogP contribution in [-0.4, -0.2) is 32.6 Å². The van der Waals surface area contributed by atoms with Crippen molar-refractivity contribution in [2.24, 2.45) is 0 Å². The first kappa shape index (κ1) is 15.2. The van der Waals surface area contributed by atoms with E-state index in [9.17, 15) is 14.9 Å². The molecule has 0 saturated carbocycles. The Hall–Kier alpha value is -1.71. The molecule has 0 saturated heterocycles. The Morgan fingerprint density at radius 1 is 1.55 bits per heavy atom. The molecule has 0 bridgehead atoms. The van der Waals surface area contributed by atoms with E-state index < -0.39 is 0 Å². The smallest absolute Gasteiger partial charge is 0.301 e. The lowest BCUT2D eigenvalue weighted by Crippen LogP contribution is -2.35. The predicted octanol–water partition coefficient (Wildman–Crippen LogP) is 2.02. The van der Waals surface area contributed by atoms with E-state index in [2.05, 4.69) is 14.9 Å². The number of rotatable bonds is 4. The number of hydrogen-bond acceptors (Lipinski definition) is 7. The summed E-state index contributed by atoms with van der Waals surface area (Å²) in [6.07, 6.45) is 2.60. The van der Waals surface area contributed by atoms with Crippen LogP contribution in [0.5, 0.6) is 0 Å². The molecule has 0 radical (unpaired) electrons. The Bertz CT molecular complexity index is 771. The molecule has 0 aromatic carbocycles. The summed E-state index contributed by atoms with van der Waals surface area (Å²) >= 11 is 2.60. The van der Waals surface area contributed by atoms with Gasteiger partial charge in [-0.05, 0) is 12.3 Å². The lowest BCUT2D eigenvalue weighted by atomic mass is 10.1. The van der Waals surface area contributed by atoms with Crippen molar-refractivity contribution in [1.29, 1.82) is 0 Å². The summed E-state index contributed by atoms with van der Waals surface area (Å²) in [5.74, 6) is 0. The minimum atomic E-state index is -0.377. The fourth-order valence-corrected chi connectivity index (χ4v) is 3.72. The molecule has 9 heteroatoms. The van der Waals surface area contributed by atoms with E-state index in [1.807, 2.05) is 6.26 Å². The van der Waals surface area contributed by atoms with Crippen molar-refractivity contribution in [3.63, 3.8) is 0 Å². The quantitative estimate of drug-likeness (QED) is 0.397. The van der Waals surface area contributed by atoms with Crippen LogP contribution in [0.15, 0.2) is 22.1 Å². The van der Waals surface area contributed by atoms with Gasteiger partial charge in [0.05, 0.1) is 16.2 Å². The Labute approximate surface area is 134 Å². The Morgan fingerprint density at radius 2 is 2.36 bits per heavy atom. The number of nitro groups is 1. The number of thiophene rings is 1. The number of hydrogen-bond donors (Lipinski definition) is 1. The molecule has 7 nitrogen and oxygen atoms in total. The van der Waals surface area contributed by atoms with Crippen LogP contribution in [-0.2, 0) is 19.5 Å². The number of aromatic amines is 1. The normalized spacial score (nSPS) is 14.8. The number of H-pyrrole nitrogens is 1. The van der Waals surface area contributed by atoms with Gasteiger partial charge in [0.2, 0.25) is 0 Å². The zero-order valence-electron chi connectivity index (χ0n) is 11.9. The third-order valence-electron chi connectivity index (χ3n) is 3.53. The SMILES string of the molecule is CSc1nc2c(c(=O)[nH]1)CN(Cc1ccc([N+](=O)[O-])s1)CC2. The molecule has 0 amide bonds. The summed E-state index contributed by atoms with van der Waals surface area (Å²) in [4.78, 5) is 32.7. The molecule has 1 aliphatic rings. The van der Waals surface area contributed by atoms with Gasteiger partial charge in [-0.3, -0.25) is 19.8 Å². The van der Waals surface area contributed by atoms with Crippen LogP contribution in [0.2, 0.25) is 0 Å². The highest BCUT2D eigenvalue weighted by Gasteiger charge is 2.22. The van der Waals surface area contributed by atoms with E-state index in [-0.39, 0.29) is 15.5 Å². The number of nitrogens with zero attached hydrogens (tertiary/aromatic N) is 3. The highest BCUT2D eigenvalue weighted by molar-refractivity contribution is 7.98. The van der Waals surface area contributed by atoms with Gasteiger partial charge < -0.3 is 4.98 Å². The summed E-state index contributed by atoms with van der Waals surface area (Å²) in [6.45, 7) is 1.93. The minimum absolute atomic E-state index is 0.0868. The molecule has 1 N–H and O–H groups in total. The van der Waals surface area contributed by atoms with Crippen LogP contribution in [0.3, 0.4) is 0 Å². The van der Waals surface area contributed by atoms with Gasteiger partial charge in [0.1, 0.15) is 0 Å². The van der Waals surface area contributed by atoms with Crippen LogP contribution < -0.4 is 5.56 Å². The lowest BCUT2D eigenvalue weighted by molar-refractivity contribution is -0.380. The largest absolute Gasteiger partial charge is 0.324 e. The van der Waals surface area contributed by atoms with E-state index in [4.69, 9.17) is 0 Å². The first-order valence-corrected chi connectivity index (χ1v) is 8.72.